The molecule has 3 rings (SSSR count). The number of aryl methyl sites for hydroxylation is 3. The first-order valence-electron chi connectivity index (χ1n) is 5.03. The second kappa shape index (κ2) is 2.86. The SMILES string of the molecule is Cn1c(Br)c2c3c(cccc31)CCC2. The van der Waals surface area contributed by atoms with E-state index in [1.165, 1.54) is 45.9 Å². The van der Waals surface area contributed by atoms with Crippen LogP contribution in [0, 0.1) is 0 Å². The lowest BCUT2D eigenvalue weighted by Gasteiger charge is -2.11. The van der Waals surface area contributed by atoms with E-state index in [2.05, 4.69) is 45.7 Å². The Kier molecular flexibility index (Phi) is 1.75. The van der Waals surface area contributed by atoms with Gasteiger partial charge in [0.25, 0.3) is 0 Å². The minimum absolute atomic E-state index is 1.22. The van der Waals surface area contributed by atoms with Crippen molar-refractivity contribution in [1.29, 1.82) is 0 Å². The van der Waals surface area contributed by atoms with Crippen LogP contribution in [0.2, 0.25) is 0 Å². The fourth-order valence-electron chi connectivity index (χ4n) is 2.52. The van der Waals surface area contributed by atoms with Gasteiger partial charge in [-0.15, -0.1) is 0 Å². The summed E-state index contributed by atoms with van der Waals surface area (Å²) in [6.45, 7) is 0. The highest BCUT2D eigenvalue weighted by Crippen LogP contribution is 2.36. The molecule has 72 valence electrons. The average Bonchev–Trinajstić information content (AvgIpc) is 2.47. The number of hydrogen-bond acceptors (Lipinski definition) is 0. The molecule has 1 heterocycles. The normalized spacial score (nSPS) is 15.0. The van der Waals surface area contributed by atoms with Crippen molar-refractivity contribution < 1.29 is 0 Å². The van der Waals surface area contributed by atoms with Gasteiger partial charge in [-0.25, -0.2) is 0 Å². The topological polar surface area (TPSA) is 4.93 Å². The second-order valence-corrected chi connectivity index (χ2v) is 4.74. The predicted octanol–water partition coefficient (Wildman–Crippen LogP) is 3.43. The Bertz CT molecular complexity index is 511. The molecule has 0 amide bonds. The first-order valence-corrected chi connectivity index (χ1v) is 5.83. The number of aromatic nitrogens is 1. The van der Waals surface area contributed by atoms with Crippen molar-refractivity contribution in [3.63, 3.8) is 0 Å². The third-order valence-electron chi connectivity index (χ3n) is 3.21. The summed E-state index contributed by atoms with van der Waals surface area (Å²) >= 11 is 3.68. The first-order chi connectivity index (χ1) is 6.79. The maximum atomic E-state index is 3.68. The molecule has 0 unspecified atom stereocenters. The van der Waals surface area contributed by atoms with Crippen LogP contribution in [0.3, 0.4) is 0 Å². The summed E-state index contributed by atoms with van der Waals surface area (Å²) in [5, 5.41) is 1.49. The Balaban J connectivity index is 2.54. The molecule has 1 aromatic carbocycles. The van der Waals surface area contributed by atoms with E-state index < -0.39 is 0 Å². The van der Waals surface area contributed by atoms with Gasteiger partial charge < -0.3 is 4.57 Å². The van der Waals surface area contributed by atoms with Crippen LogP contribution in [0.25, 0.3) is 10.9 Å². The van der Waals surface area contributed by atoms with E-state index in [1.54, 1.807) is 0 Å². The zero-order valence-electron chi connectivity index (χ0n) is 8.18. The highest BCUT2D eigenvalue weighted by Gasteiger charge is 2.18. The van der Waals surface area contributed by atoms with E-state index in [-0.39, 0.29) is 0 Å². The van der Waals surface area contributed by atoms with Gasteiger partial charge in [0.1, 0.15) is 0 Å². The Hall–Kier alpha value is -0.760. The molecule has 0 N–H and O–H groups in total. The monoisotopic (exact) mass is 249 g/mol. The van der Waals surface area contributed by atoms with Crippen molar-refractivity contribution in [3.05, 3.63) is 33.9 Å². The summed E-state index contributed by atoms with van der Waals surface area (Å²) in [5.41, 5.74) is 4.39. The Morgan fingerprint density at radius 1 is 1.29 bits per heavy atom. The van der Waals surface area contributed by atoms with E-state index >= 15 is 0 Å². The molecule has 2 heteroatoms. The molecule has 0 aliphatic heterocycles. The van der Waals surface area contributed by atoms with Crippen LogP contribution in [0.1, 0.15) is 17.5 Å². The molecule has 2 aromatic rings. The van der Waals surface area contributed by atoms with Gasteiger partial charge in [0.05, 0.1) is 4.60 Å². The van der Waals surface area contributed by atoms with Gasteiger partial charge in [-0.05, 0) is 52.4 Å². The van der Waals surface area contributed by atoms with Crippen molar-refractivity contribution in [2.75, 3.05) is 0 Å². The zero-order valence-corrected chi connectivity index (χ0v) is 9.76. The molecule has 1 aliphatic rings. The minimum atomic E-state index is 1.22. The fourth-order valence-corrected chi connectivity index (χ4v) is 3.11. The molecular weight excluding hydrogens is 238 g/mol. The molecule has 1 aliphatic carbocycles. The van der Waals surface area contributed by atoms with Gasteiger partial charge in [0.15, 0.2) is 0 Å². The van der Waals surface area contributed by atoms with Crippen LogP contribution in [0.15, 0.2) is 22.8 Å². The molecule has 14 heavy (non-hydrogen) atoms. The van der Waals surface area contributed by atoms with Crippen molar-refractivity contribution in [2.45, 2.75) is 19.3 Å². The lowest BCUT2D eigenvalue weighted by atomic mass is 9.93. The van der Waals surface area contributed by atoms with E-state index in [1.807, 2.05) is 0 Å². The summed E-state index contributed by atoms with van der Waals surface area (Å²) in [6, 6.07) is 6.63. The van der Waals surface area contributed by atoms with Crippen molar-refractivity contribution >= 4 is 26.8 Å². The van der Waals surface area contributed by atoms with Crippen LogP contribution < -0.4 is 0 Å². The third-order valence-corrected chi connectivity index (χ3v) is 4.22. The molecule has 1 aromatic heterocycles. The van der Waals surface area contributed by atoms with Crippen LogP contribution >= 0.6 is 15.9 Å². The lowest BCUT2D eigenvalue weighted by Crippen LogP contribution is -1.97. The van der Waals surface area contributed by atoms with Crippen molar-refractivity contribution in [1.82, 2.24) is 4.57 Å². The summed E-state index contributed by atoms with van der Waals surface area (Å²) in [7, 11) is 2.13. The maximum absolute atomic E-state index is 3.68. The average molecular weight is 250 g/mol. The Morgan fingerprint density at radius 2 is 2.14 bits per heavy atom. The molecule has 1 nitrogen and oxygen atoms in total. The Morgan fingerprint density at radius 3 is 3.00 bits per heavy atom. The van der Waals surface area contributed by atoms with Crippen LogP contribution in [0.4, 0.5) is 0 Å². The van der Waals surface area contributed by atoms with Gasteiger partial charge in [-0.2, -0.15) is 0 Å². The highest BCUT2D eigenvalue weighted by atomic mass is 79.9. The molecule has 0 saturated heterocycles. The molecule has 0 saturated carbocycles. The molecule has 0 atom stereocenters. The van der Waals surface area contributed by atoms with Crippen LogP contribution in [-0.4, -0.2) is 4.57 Å². The summed E-state index contributed by atoms with van der Waals surface area (Å²) in [5.74, 6) is 0. The molecule has 0 fully saturated rings. The second-order valence-electron chi connectivity index (χ2n) is 3.99. The lowest BCUT2D eigenvalue weighted by molar-refractivity contribution is 0.800. The van der Waals surface area contributed by atoms with E-state index in [0.717, 1.165) is 0 Å². The van der Waals surface area contributed by atoms with Crippen molar-refractivity contribution in [2.24, 2.45) is 7.05 Å². The molecular formula is C12H12BrN. The number of hydrogen-bond donors (Lipinski definition) is 0. The van der Waals surface area contributed by atoms with E-state index in [4.69, 9.17) is 0 Å². The van der Waals surface area contributed by atoms with Crippen LogP contribution in [-0.2, 0) is 19.9 Å². The zero-order chi connectivity index (χ0) is 9.71. The number of nitrogens with zero attached hydrogens (tertiary/aromatic N) is 1. The first kappa shape index (κ1) is 8.54. The highest BCUT2D eigenvalue weighted by molar-refractivity contribution is 9.10. The molecule has 0 radical (unpaired) electrons. The summed E-state index contributed by atoms with van der Waals surface area (Å²) in [6.07, 6.45) is 3.74. The van der Waals surface area contributed by atoms with Gasteiger partial charge in [-0.1, -0.05) is 12.1 Å². The third kappa shape index (κ3) is 0.949. The summed E-state index contributed by atoms with van der Waals surface area (Å²) < 4.78 is 3.51. The predicted molar refractivity (Wildman–Crippen MR) is 62.6 cm³/mol. The fraction of sp³-hybridized carbons (Fsp3) is 0.333. The minimum Gasteiger partial charge on any atom is -0.338 e. The van der Waals surface area contributed by atoms with Crippen molar-refractivity contribution in [3.8, 4) is 0 Å². The molecule has 0 spiro atoms. The van der Waals surface area contributed by atoms with Gasteiger partial charge >= 0.3 is 0 Å². The quantitative estimate of drug-likeness (QED) is 0.675. The smallest absolute Gasteiger partial charge is 0.0887 e. The maximum Gasteiger partial charge on any atom is 0.0887 e. The molecule has 0 bridgehead atoms. The Labute approximate surface area is 91.9 Å². The van der Waals surface area contributed by atoms with Gasteiger partial charge in [0, 0.05) is 18.0 Å². The summed E-state index contributed by atoms with van der Waals surface area (Å²) in [4.78, 5) is 0. The van der Waals surface area contributed by atoms with Gasteiger partial charge in [-0.3, -0.25) is 0 Å². The number of halogens is 1. The number of benzene rings is 1. The number of rotatable bonds is 0. The largest absolute Gasteiger partial charge is 0.338 e. The van der Waals surface area contributed by atoms with Crippen LogP contribution in [0.5, 0.6) is 0 Å². The van der Waals surface area contributed by atoms with E-state index in [9.17, 15) is 0 Å². The standard InChI is InChI=1S/C12H12BrN/c1-14-10-7-3-5-8-4-2-6-9(11(8)10)12(14)13/h3,5,7H,2,4,6H2,1H3. The van der Waals surface area contributed by atoms with Gasteiger partial charge in [0.2, 0.25) is 0 Å². The van der Waals surface area contributed by atoms with E-state index in [0.29, 0.717) is 0 Å².